The molecule has 0 unspecified atom stereocenters. The SMILES string of the molecule is CCC1CCC2(CC1)NC(=O)C(c1ccc(C)cc1SC)=C2O.CCOC(=O)C1(NC(=O)Cc2ccc(OC)cc2SC)CCC(CC)CC1.O. The van der Waals surface area contributed by atoms with Crippen LogP contribution in [-0.2, 0) is 25.5 Å². The molecule has 0 radical (unpaired) electrons. The number of methoxy groups -OCH3 is 1. The number of aliphatic hydroxyl groups is 1. The number of amides is 2. The fraction of sp³-hybridized carbons (Fsp3) is 0.575. The highest BCUT2D eigenvalue weighted by atomic mass is 32.2. The molecule has 3 aliphatic rings. The number of rotatable bonds is 11. The zero-order valence-electron chi connectivity index (χ0n) is 31.4. The number of hydrogen-bond acceptors (Lipinski definition) is 8. The fourth-order valence-corrected chi connectivity index (χ4v) is 8.92. The molecule has 1 heterocycles. The highest BCUT2D eigenvalue weighted by Crippen LogP contribution is 2.45. The van der Waals surface area contributed by atoms with Gasteiger partial charge in [-0.2, -0.15) is 0 Å². The smallest absolute Gasteiger partial charge is 0.331 e. The second-order valence-corrected chi connectivity index (χ2v) is 15.6. The summed E-state index contributed by atoms with van der Waals surface area (Å²) in [6.45, 7) is 8.55. The summed E-state index contributed by atoms with van der Waals surface area (Å²) >= 11 is 3.19. The lowest BCUT2D eigenvalue weighted by atomic mass is 9.75. The predicted molar refractivity (Wildman–Crippen MR) is 207 cm³/mol. The molecule has 2 amide bonds. The number of aliphatic hydroxyl groups excluding tert-OH is 1. The summed E-state index contributed by atoms with van der Waals surface area (Å²) in [5.74, 6) is 1.80. The summed E-state index contributed by atoms with van der Waals surface area (Å²) in [6.07, 6.45) is 13.5. The molecule has 2 saturated carbocycles. The van der Waals surface area contributed by atoms with Crippen molar-refractivity contribution in [3.8, 4) is 5.75 Å². The van der Waals surface area contributed by atoms with E-state index in [4.69, 9.17) is 9.47 Å². The van der Waals surface area contributed by atoms with Crippen LogP contribution in [0.4, 0.5) is 0 Å². The maximum atomic E-state index is 12.8. The standard InChI is InChI=1S/C21H31NO4S.C19H25NO2S.H2O/c1-5-15-9-11-21(12-10-15,20(24)26-6-2)22-19(23)13-16-7-8-17(25-3)14-18(16)27-4;1-4-13-7-9-19(10-8-13)17(21)16(18(22)20-19)14-6-5-12(2)11-15(14)23-3;/h7-8,14-15H,5-6,9-13H2,1-4H3,(H,22,23);5-6,11,13,21H,4,7-10H2,1-3H3,(H,20,22);1H2. The Labute approximate surface area is 312 Å². The van der Waals surface area contributed by atoms with E-state index in [0.717, 1.165) is 83.1 Å². The summed E-state index contributed by atoms with van der Waals surface area (Å²) in [5, 5.41) is 17.1. The molecule has 11 heteroatoms. The van der Waals surface area contributed by atoms with Crippen molar-refractivity contribution in [2.45, 2.75) is 119 Å². The van der Waals surface area contributed by atoms with Crippen molar-refractivity contribution in [2.24, 2.45) is 11.8 Å². The van der Waals surface area contributed by atoms with Crippen LogP contribution in [0.2, 0.25) is 0 Å². The number of carbonyl (C=O) groups excluding carboxylic acids is 3. The van der Waals surface area contributed by atoms with E-state index < -0.39 is 11.1 Å². The van der Waals surface area contributed by atoms with Gasteiger partial charge in [-0.15, -0.1) is 23.5 Å². The van der Waals surface area contributed by atoms with Gasteiger partial charge in [-0.3, -0.25) is 9.59 Å². The van der Waals surface area contributed by atoms with Gasteiger partial charge in [-0.1, -0.05) is 44.9 Å². The van der Waals surface area contributed by atoms with Crippen LogP contribution in [0.5, 0.6) is 5.75 Å². The van der Waals surface area contributed by atoms with Gasteiger partial charge in [0, 0.05) is 15.4 Å². The van der Waals surface area contributed by atoms with Crippen molar-refractivity contribution in [2.75, 3.05) is 26.2 Å². The third kappa shape index (κ3) is 9.84. The third-order valence-corrected chi connectivity index (χ3v) is 12.5. The molecule has 0 aromatic heterocycles. The van der Waals surface area contributed by atoms with Crippen molar-refractivity contribution in [1.29, 1.82) is 0 Å². The first-order valence-electron chi connectivity index (χ1n) is 18.1. The number of thioether (sulfide) groups is 2. The Hall–Kier alpha value is -3.15. The zero-order valence-corrected chi connectivity index (χ0v) is 33.0. The largest absolute Gasteiger partial charge is 0.509 e. The Morgan fingerprint density at radius 2 is 1.53 bits per heavy atom. The summed E-state index contributed by atoms with van der Waals surface area (Å²) in [6, 6.07) is 11.7. The van der Waals surface area contributed by atoms with E-state index in [-0.39, 0.29) is 35.4 Å². The first-order chi connectivity index (χ1) is 24.0. The Kier molecular flexibility index (Phi) is 15.8. The molecule has 9 nitrogen and oxygen atoms in total. The van der Waals surface area contributed by atoms with E-state index in [2.05, 4.69) is 30.5 Å². The van der Waals surface area contributed by atoms with Crippen LogP contribution in [0.25, 0.3) is 5.57 Å². The quantitative estimate of drug-likeness (QED) is 0.158. The molecule has 1 spiro atoms. The summed E-state index contributed by atoms with van der Waals surface area (Å²) in [5.41, 5.74) is 2.01. The first kappa shape index (κ1) is 42.3. The lowest BCUT2D eigenvalue weighted by molar-refractivity contribution is -0.155. The van der Waals surface area contributed by atoms with Gasteiger partial charge in [0.15, 0.2) is 0 Å². The van der Waals surface area contributed by atoms with Gasteiger partial charge >= 0.3 is 5.97 Å². The average molecular weight is 743 g/mol. The van der Waals surface area contributed by atoms with E-state index in [1.807, 2.05) is 49.8 Å². The number of hydrogen-bond donors (Lipinski definition) is 3. The van der Waals surface area contributed by atoms with Crippen molar-refractivity contribution in [1.82, 2.24) is 10.6 Å². The molecular formula is C40H58N2O7S2. The van der Waals surface area contributed by atoms with Gasteiger partial charge < -0.3 is 30.7 Å². The second-order valence-electron chi connectivity index (χ2n) is 13.9. The molecule has 0 bridgehead atoms. The van der Waals surface area contributed by atoms with Crippen LogP contribution in [0, 0.1) is 18.8 Å². The Bertz CT molecular complexity index is 1540. The van der Waals surface area contributed by atoms with E-state index in [9.17, 15) is 19.5 Å². The van der Waals surface area contributed by atoms with E-state index >= 15 is 0 Å². The Balaban J connectivity index is 0.000000273. The van der Waals surface area contributed by atoms with Crippen LogP contribution in [-0.4, -0.2) is 65.7 Å². The summed E-state index contributed by atoms with van der Waals surface area (Å²) in [4.78, 5) is 40.1. The predicted octanol–water partition coefficient (Wildman–Crippen LogP) is 7.61. The highest BCUT2D eigenvalue weighted by Gasteiger charge is 2.48. The van der Waals surface area contributed by atoms with E-state index in [1.54, 1.807) is 37.6 Å². The molecule has 2 fully saturated rings. The van der Waals surface area contributed by atoms with Gasteiger partial charge in [-0.25, -0.2) is 4.79 Å². The average Bonchev–Trinajstić information content (AvgIpc) is 3.36. The molecule has 0 atom stereocenters. The van der Waals surface area contributed by atoms with Crippen LogP contribution in [0.15, 0.2) is 51.9 Å². The maximum absolute atomic E-state index is 12.8. The Morgan fingerprint density at radius 1 is 0.922 bits per heavy atom. The molecule has 5 N–H and O–H groups in total. The lowest BCUT2D eigenvalue weighted by Crippen LogP contribution is -2.57. The lowest BCUT2D eigenvalue weighted by Gasteiger charge is -2.38. The van der Waals surface area contributed by atoms with Crippen molar-refractivity contribution >= 4 is 46.9 Å². The molecule has 1 aliphatic heterocycles. The number of aryl methyl sites for hydroxylation is 1. The van der Waals surface area contributed by atoms with Gasteiger partial charge in [0.25, 0.3) is 5.91 Å². The summed E-state index contributed by atoms with van der Waals surface area (Å²) in [7, 11) is 1.63. The molecule has 2 aromatic rings. The van der Waals surface area contributed by atoms with Gasteiger partial charge in [0.2, 0.25) is 5.91 Å². The molecule has 0 saturated heterocycles. The monoisotopic (exact) mass is 742 g/mol. The van der Waals surface area contributed by atoms with Crippen molar-refractivity contribution in [3.05, 3.63) is 58.8 Å². The second kappa shape index (κ2) is 19.1. The zero-order chi connectivity index (χ0) is 36.5. The number of carbonyl (C=O) groups is 3. The topological polar surface area (TPSA) is 145 Å². The Morgan fingerprint density at radius 3 is 2.08 bits per heavy atom. The minimum atomic E-state index is -0.884. The number of benzene rings is 2. The molecule has 51 heavy (non-hydrogen) atoms. The normalized spacial score (nSPS) is 24.2. The molecule has 2 aliphatic carbocycles. The molecule has 5 rings (SSSR count). The van der Waals surface area contributed by atoms with Crippen LogP contribution in [0.3, 0.4) is 0 Å². The highest BCUT2D eigenvalue weighted by molar-refractivity contribution is 7.98. The van der Waals surface area contributed by atoms with Gasteiger partial charge in [0.05, 0.1) is 31.2 Å². The summed E-state index contributed by atoms with van der Waals surface area (Å²) < 4.78 is 10.6. The first-order valence-corrected chi connectivity index (χ1v) is 20.5. The number of ether oxygens (including phenoxy) is 2. The van der Waals surface area contributed by atoms with Crippen LogP contribution in [0.1, 0.15) is 102 Å². The number of nitrogens with one attached hydrogen (secondary N) is 2. The fourth-order valence-electron chi connectivity index (χ4n) is 7.59. The minimum Gasteiger partial charge on any atom is -0.509 e. The van der Waals surface area contributed by atoms with E-state index in [1.165, 1.54) is 6.42 Å². The van der Waals surface area contributed by atoms with Gasteiger partial charge in [-0.05, 0) is 119 Å². The van der Waals surface area contributed by atoms with Crippen molar-refractivity contribution in [3.63, 3.8) is 0 Å². The van der Waals surface area contributed by atoms with Crippen molar-refractivity contribution < 1.29 is 34.4 Å². The van der Waals surface area contributed by atoms with Crippen LogP contribution >= 0.6 is 23.5 Å². The van der Waals surface area contributed by atoms with E-state index in [0.29, 0.717) is 30.9 Å². The third-order valence-electron chi connectivity index (χ3n) is 10.9. The molecular weight excluding hydrogens is 685 g/mol. The maximum Gasteiger partial charge on any atom is 0.331 e. The van der Waals surface area contributed by atoms with Gasteiger partial charge in [0.1, 0.15) is 17.0 Å². The van der Waals surface area contributed by atoms with Crippen LogP contribution < -0.4 is 15.4 Å². The molecule has 2 aromatic carbocycles. The minimum absolute atomic E-state index is 0. The molecule has 282 valence electrons. The number of esters is 1.